The number of anilines is 1. The second kappa shape index (κ2) is 5.23. The molecule has 21 heavy (non-hydrogen) atoms. The van der Waals surface area contributed by atoms with Gasteiger partial charge < -0.3 is 10.3 Å². The van der Waals surface area contributed by atoms with E-state index in [1.165, 1.54) is 0 Å². The summed E-state index contributed by atoms with van der Waals surface area (Å²) in [6.07, 6.45) is 0. The Bertz CT molecular complexity index is 843. The summed E-state index contributed by atoms with van der Waals surface area (Å²) in [5, 5.41) is 9.18. The predicted octanol–water partition coefficient (Wildman–Crippen LogP) is 3.86. The molecule has 0 radical (unpaired) electrons. The van der Waals surface area contributed by atoms with Crippen LogP contribution in [0.2, 0.25) is 0 Å². The van der Waals surface area contributed by atoms with Crippen molar-refractivity contribution in [3.05, 3.63) is 58.1 Å². The lowest BCUT2D eigenvalue weighted by atomic mass is 10.1. The van der Waals surface area contributed by atoms with Crippen molar-refractivity contribution in [3.8, 4) is 6.07 Å². The molecule has 4 nitrogen and oxygen atoms in total. The lowest BCUT2D eigenvalue weighted by Crippen LogP contribution is -2.10. The largest absolute Gasteiger partial charge is 0.369 e. The third kappa shape index (κ3) is 2.28. The van der Waals surface area contributed by atoms with Gasteiger partial charge in [-0.1, -0.05) is 34.1 Å². The van der Waals surface area contributed by atoms with Gasteiger partial charge >= 0.3 is 0 Å². The highest BCUT2D eigenvalue weighted by Gasteiger charge is 2.17. The smallest absolute Gasteiger partial charge is 0.201 e. The van der Waals surface area contributed by atoms with Gasteiger partial charge in [0.05, 0.1) is 17.1 Å². The number of hydrogen-bond donors (Lipinski definition) is 1. The Hall–Kier alpha value is -2.32. The highest BCUT2D eigenvalue weighted by molar-refractivity contribution is 9.10. The molecule has 3 aromatic rings. The average molecular weight is 341 g/mol. The standard InChI is InChI=1S/C16H13BrN4/c1-10(11-5-7-13(17)8-6-11)21-14-4-2-3-12(9-18)15(14)20-16(21)19/h2-8,10H,1H3,(H2,19,20). The molecule has 1 aromatic heterocycles. The molecule has 0 aliphatic heterocycles. The number of nitrogen functional groups attached to an aromatic ring is 1. The molecule has 5 heteroatoms. The predicted molar refractivity (Wildman–Crippen MR) is 86.8 cm³/mol. The van der Waals surface area contributed by atoms with Gasteiger partial charge in [-0.05, 0) is 36.8 Å². The molecule has 0 aliphatic carbocycles. The van der Waals surface area contributed by atoms with Crippen molar-refractivity contribution < 1.29 is 0 Å². The Morgan fingerprint density at radius 1 is 1.24 bits per heavy atom. The van der Waals surface area contributed by atoms with Crippen molar-refractivity contribution in [2.45, 2.75) is 13.0 Å². The second-order valence-electron chi connectivity index (χ2n) is 4.85. The normalized spacial score (nSPS) is 12.2. The van der Waals surface area contributed by atoms with Crippen LogP contribution in [0, 0.1) is 11.3 Å². The minimum absolute atomic E-state index is 0.0389. The van der Waals surface area contributed by atoms with Crippen LogP contribution in [0.3, 0.4) is 0 Å². The number of rotatable bonds is 2. The number of halogens is 1. The molecular weight excluding hydrogens is 328 g/mol. The molecule has 0 spiro atoms. The van der Waals surface area contributed by atoms with Crippen molar-refractivity contribution in [3.63, 3.8) is 0 Å². The first-order chi connectivity index (χ1) is 10.1. The van der Waals surface area contributed by atoms with Gasteiger partial charge in [-0.2, -0.15) is 5.26 Å². The van der Waals surface area contributed by atoms with Crippen LogP contribution < -0.4 is 5.73 Å². The monoisotopic (exact) mass is 340 g/mol. The SMILES string of the molecule is CC(c1ccc(Br)cc1)n1c(N)nc2c(C#N)cccc21. The molecule has 2 N–H and O–H groups in total. The fourth-order valence-corrected chi connectivity index (χ4v) is 2.79. The van der Waals surface area contributed by atoms with Gasteiger partial charge in [-0.25, -0.2) is 4.98 Å². The van der Waals surface area contributed by atoms with E-state index in [-0.39, 0.29) is 6.04 Å². The highest BCUT2D eigenvalue weighted by atomic mass is 79.9. The quantitative estimate of drug-likeness (QED) is 0.770. The number of para-hydroxylation sites is 1. The Kier molecular flexibility index (Phi) is 3.40. The van der Waals surface area contributed by atoms with Gasteiger partial charge in [0.25, 0.3) is 0 Å². The first-order valence-electron chi connectivity index (χ1n) is 6.54. The number of nitriles is 1. The Labute approximate surface area is 131 Å². The summed E-state index contributed by atoms with van der Waals surface area (Å²) in [4.78, 5) is 4.36. The Morgan fingerprint density at radius 3 is 2.62 bits per heavy atom. The summed E-state index contributed by atoms with van der Waals surface area (Å²) >= 11 is 3.44. The lowest BCUT2D eigenvalue weighted by molar-refractivity contribution is 0.667. The number of imidazole rings is 1. The molecule has 0 fully saturated rings. The molecule has 0 bridgehead atoms. The summed E-state index contributed by atoms with van der Waals surface area (Å²) in [5.41, 5.74) is 9.28. The van der Waals surface area contributed by atoms with E-state index < -0.39 is 0 Å². The average Bonchev–Trinajstić information content (AvgIpc) is 2.83. The van der Waals surface area contributed by atoms with Crippen LogP contribution in [0.1, 0.15) is 24.1 Å². The van der Waals surface area contributed by atoms with Crippen LogP contribution in [-0.2, 0) is 0 Å². The van der Waals surface area contributed by atoms with E-state index in [0.717, 1.165) is 15.6 Å². The molecule has 1 unspecified atom stereocenters. The van der Waals surface area contributed by atoms with Crippen LogP contribution in [-0.4, -0.2) is 9.55 Å². The number of nitrogens with two attached hydrogens (primary N) is 1. The molecule has 1 heterocycles. The summed E-state index contributed by atoms with van der Waals surface area (Å²) < 4.78 is 2.99. The summed E-state index contributed by atoms with van der Waals surface area (Å²) in [7, 11) is 0. The molecule has 0 saturated carbocycles. The van der Waals surface area contributed by atoms with Crippen molar-refractivity contribution in [2.75, 3.05) is 5.73 Å². The fraction of sp³-hybridized carbons (Fsp3) is 0.125. The summed E-state index contributed by atoms with van der Waals surface area (Å²) in [6, 6.07) is 15.8. The molecule has 1 atom stereocenters. The van der Waals surface area contributed by atoms with E-state index in [1.807, 2.05) is 41.0 Å². The number of aromatic nitrogens is 2. The van der Waals surface area contributed by atoms with Crippen molar-refractivity contribution in [1.82, 2.24) is 9.55 Å². The van der Waals surface area contributed by atoms with Crippen molar-refractivity contribution in [2.24, 2.45) is 0 Å². The van der Waals surface area contributed by atoms with E-state index in [0.29, 0.717) is 17.0 Å². The molecule has 2 aromatic carbocycles. The molecule has 3 rings (SSSR count). The molecular formula is C16H13BrN4. The first-order valence-corrected chi connectivity index (χ1v) is 7.33. The van der Waals surface area contributed by atoms with Crippen molar-refractivity contribution >= 4 is 32.9 Å². The van der Waals surface area contributed by atoms with Crippen molar-refractivity contribution in [1.29, 1.82) is 5.26 Å². The second-order valence-corrected chi connectivity index (χ2v) is 5.77. The van der Waals surface area contributed by atoms with Gasteiger partial charge in [0.2, 0.25) is 5.95 Å². The number of nitrogens with zero attached hydrogens (tertiary/aromatic N) is 3. The van der Waals surface area contributed by atoms with Crippen LogP contribution in [0.5, 0.6) is 0 Å². The van der Waals surface area contributed by atoms with Gasteiger partial charge in [-0.15, -0.1) is 0 Å². The van der Waals surface area contributed by atoms with Gasteiger partial charge in [0, 0.05) is 4.47 Å². The maximum Gasteiger partial charge on any atom is 0.201 e. The zero-order valence-electron chi connectivity index (χ0n) is 11.4. The third-order valence-corrected chi connectivity index (χ3v) is 4.14. The van der Waals surface area contributed by atoms with E-state index >= 15 is 0 Å². The Balaban J connectivity index is 2.18. The lowest BCUT2D eigenvalue weighted by Gasteiger charge is -2.16. The number of fused-ring (bicyclic) bond motifs is 1. The molecule has 0 amide bonds. The minimum atomic E-state index is 0.0389. The van der Waals surface area contributed by atoms with Crippen LogP contribution in [0.15, 0.2) is 46.9 Å². The summed E-state index contributed by atoms with van der Waals surface area (Å²) in [5.74, 6) is 0.420. The molecule has 0 aliphatic rings. The summed E-state index contributed by atoms with van der Waals surface area (Å²) in [6.45, 7) is 2.07. The molecule has 104 valence electrons. The zero-order chi connectivity index (χ0) is 15.0. The van der Waals surface area contributed by atoms with E-state index in [4.69, 9.17) is 5.73 Å². The van der Waals surface area contributed by atoms with Gasteiger partial charge in [0.15, 0.2) is 0 Å². The number of hydrogen-bond acceptors (Lipinski definition) is 3. The third-order valence-electron chi connectivity index (χ3n) is 3.61. The van der Waals surface area contributed by atoms with E-state index in [2.05, 4.69) is 33.9 Å². The maximum absolute atomic E-state index is 9.18. The molecule has 0 saturated heterocycles. The maximum atomic E-state index is 9.18. The Morgan fingerprint density at radius 2 is 1.95 bits per heavy atom. The van der Waals surface area contributed by atoms with Crippen LogP contribution >= 0.6 is 15.9 Å². The topological polar surface area (TPSA) is 67.6 Å². The van der Waals surface area contributed by atoms with Gasteiger partial charge in [-0.3, -0.25) is 0 Å². The zero-order valence-corrected chi connectivity index (χ0v) is 13.0. The van der Waals surface area contributed by atoms with Crippen LogP contribution in [0.25, 0.3) is 11.0 Å². The fourth-order valence-electron chi connectivity index (χ4n) is 2.52. The minimum Gasteiger partial charge on any atom is -0.369 e. The highest BCUT2D eigenvalue weighted by Crippen LogP contribution is 2.29. The van der Waals surface area contributed by atoms with E-state index in [9.17, 15) is 5.26 Å². The first kappa shape index (κ1) is 13.7. The van der Waals surface area contributed by atoms with E-state index in [1.54, 1.807) is 6.07 Å². The number of benzene rings is 2. The van der Waals surface area contributed by atoms with Crippen LogP contribution in [0.4, 0.5) is 5.95 Å². The van der Waals surface area contributed by atoms with Gasteiger partial charge in [0.1, 0.15) is 11.6 Å².